The summed E-state index contributed by atoms with van der Waals surface area (Å²) < 4.78 is 6.08. The van der Waals surface area contributed by atoms with Crippen molar-refractivity contribution >= 4 is 0 Å². The predicted octanol–water partition coefficient (Wildman–Crippen LogP) is 4.32. The number of benzene rings is 1. The zero-order valence-corrected chi connectivity index (χ0v) is 12.7. The highest BCUT2D eigenvalue weighted by Gasteiger charge is 2.21. The standard InChI is InChI=1S/C17H29NO/c1-4-7-14-19-16(6-3)17(18-13-5-2)15-11-9-8-10-12-15/h8-12,16-18H,4-7,13-14H2,1-3H3. The molecule has 1 N–H and O–H groups in total. The van der Waals surface area contributed by atoms with Crippen molar-refractivity contribution in [2.75, 3.05) is 13.2 Å². The fourth-order valence-corrected chi connectivity index (χ4v) is 2.25. The first-order valence-electron chi connectivity index (χ1n) is 7.73. The van der Waals surface area contributed by atoms with Gasteiger partial charge >= 0.3 is 0 Å². The first kappa shape index (κ1) is 16.2. The Bertz CT molecular complexity index is 312. The quantitative estimate of drug-likeness (QED) is 0.635. The van der Waals surface area contributed by atoms with E-state index in [-0.39, 0.29) is 6.10 Å². The van der Waals surface area contributed by atoms with Crippen LogP contribution in [-0.4, -0.2) is 19.3 Å². The molecule has 1 aromatic rings. The fraction of sp³-hybridized carbons (Fsp3) is 0.647. The number of ether oxygens (including phenoxy) is 1. The van der Waals surface area contributed by atoms with E-state index >= 15 is 0 Å². The van der Waals surface area contributed by atoms with Crippen molar-refractivity contribution in [1.29, 1.82) is 0 Å². The minimum Gasteiger partial charge on any atom is -0.376 e. The second-order valence-corrected chi connectivity index (χ2v) is 5.01. The van der Waals surface area contributed by atoms with Crippen molar-refractivity contribution < 1.29 is 4.74 Å². The highest BCUT2D eigenvalue weighted by molar-refractivity contribution is 5.20. The second-order valence-electron chi connectivity index (χ2n) is 5.01. The van der Waals surface area contributed by atoms with Crippen molar-refractivity contribution in [3.8, 4) is 0 Å². The van der Waals surface area contributed by atoms with E-state index in [0.717, 1.165) is 32.4 Å². The molecule has 0 aliphatic carbocycles. The molecule has 2 nitrogen and oxygen atoms in total. The van der Waals surface area contributed by atoms with Gasteiger partial charge in [0.15, 0.2) is 0 Å². The molecule has 0 aliphatic rings. The molecule has 0 amide bonds. The molecule has 0 fully saturated rings. The maximum Gasteiger partial charge on any atom is 0.0767 e. The van der Waals surface area contributed by atoms with E-state index in [2.05, 4.69) is 56.4 Å². The number of hydrogen-bond acceptors (Lipinski definition) is 2. The van der Waals surface area contributed by atoms with E-state index in [1.807, 2.05) is 0 Å². The average molecular weight is 263 g/mol. The van der Waals surface area contributed by atoms with Crippen LogP contribution in [0, 0.1) is 0 Å². The molecular weight excluding hydrogens is 234 g/mol. The highest BCUT2D eigenvalue weighted by Crippen LogP contribution is 2.22. The summed E-state index contributed by atoms with van der Waals surface area (Å²) in [6.07, 6.45) is 4.79. The molecule has 0 radical (unpaired) electrons. The minimum absolute atomic E-state index is 0.264. The van der Waals surface area contributed by atoms with Crippen LogP contribution in [0.4, 0.5) is 0 Å². The van der Waals surface area contributed by atoms with E-state index < -0.39 is 0 Å². The summed E-state index contributed by atoms with van der Waals surface area (Å²) >= 11 is 0. The van der Waals surface area contributed by atoms with E-state index in [4.69, 9.17) is 4.74 Å². The van der Waals surface area contributed by atoms with Crippen LogP contribution in [0.25, 0.3) is 0 Å². The molecule has 2 atom stereocenters. The molecule has 19 heavy (non-hydrogen) atoms. The van der Waals surface area contributed by atoms with Crippen LogP contribution < -0.4 is 5.32 Å². The number of nitrogens with one attached hydrogen (secondary N) is 1. The Morgan fingerprint density at radius 3 is 2.37 bits per heavy atom. The van der Waals surface area contributed by atoms with Gasteiger partial charge in [0, 0.05) is 6.61 Å². The van der Waals surface area contributed by atoms with Gasteiger partial charge in [-0.25, -0.2) is 0 Å². The van der Waals surface area contributed by atoms with Crippen molar-refractivity contribution in [3.05, 3.63) is 35.9 Å². The first-order chi connectivity index (χ1) is 9.33. The molecule has 0 bridgehead atoms. The monoisotopic (exact) mass is 263 g/mol. The van der Waals surface area contributed by atoms with Crippen molar-refractivity contribution in [2.24, 2.45) is 0 Å². The van der Waals surface area contributed by atoms with E-state index in [1.54, 1.807) is 0 Å². The van der Waals surface area contributed by atoms with E-state index in [9.17, 15) is 0 Å². The van der Waals surface area contributed by atoms with E-state index in [0.29, 0.717) is 6.04 Å². The van der Waals surface area contributed by atoms with Crippen molar-refractivity contribution in [2.45, 2.75) is 58.6 Å². The van der Waals surface area contributed by atoms with Gasteiger partial charge in [-0.3, -0.25) is 0 Å². The lowest BCUT2D eigenvalue weighted by Crippen LogP contribution is -2.34. The molecule has 0 heterocycles. The molecule has 0 spiro atoms. The molecule has 2 unspecified atom stereocenters. The number of unbranched alkanes of at least 4 members (excludes halogenated alkanes) is 1. The summed E-state index contributed by atoms with van der Waals surface area (Å²) in [6, 6.07) is 11.0. The topological polar surface area (TPSA) is 21.3 Å². The smallest absolute Gasteiger partial charge is 0.0767 e. The Morgan fingerprint density at radius 2 is 1.79 bits per heavy atom. The lowest BCUT2D eigenvalue weighted by atomic mass is 9.99. The van der Waals surface area contributed by atoms with Gasteiger partial charge in [0.25, 0.3) is 0 Å². The Balaban J connectivity index is 2.70. The Kier molecular flexibility index (Phi) is 8.52. The van der Waals surface area contributed by atoms with Gasteiger partial charge in [-0.2, -0.15) is 0 Å². The minimum atomic E-state index is 0.264. The number of hydrogen-bond donors (Lipinski definition) is 1. The summed E-state index contributed by atoms with van der Waals surface area (Å²) in [5.74, 6) is 0. The molecule has 0 aromatic heterocycles. The second kappa shape index (κ2) is 9.99. The normalized spacial score (nSPS) is 14.3. The van der Waals surface area contributed by atoms with Gasteiger partial charge in [0.1, 0.15) is 0 Å². The summed E-state index contributed by atoms with van der Waals surface area (Å²) in [5.41, 5.74) is 1.33. The van der Waals surface area contributed by atoms with Gasteiger partial charge in [-0.05, 0) is 31.4 Å². The van der Waals surface area contributed by atoms with Crippen molar-refractivity contribution in [3.63, 3.8) is 0 Å². The number of rotatable bonds is 10. The molecule has 0 saturated carbocycles. The zero-order valence-electron chi connectivity index (χ0n) is 12.7. The summed E-state index contributed by atoms with van der Waals surface area (Å²) in [4.78, 5) is 0. The highest BCUT2D eigenvalue weighted by atomic mass is 16.5. The third-order valence-corrected chi connectivity index (χ3v) is 3.38. The summed E-state index contributed by atoms with van der Waals surface area (Å²) in [6.45, 7) is 8.52. The SMILES string of the molecule is CCCCOC(CC)C(NCCC)c1ccccc1. The lowest BCUT2D eigenvalue weighted by Gasteiger charge is -2.28. The maximum absolute atomic E-state index is 6.08. The van der Waals surface area contributed by atoms with Crippen LogP contribution in [-0.2, 0) is 4.74 Å². The van der Waals surface area contributed by atoms with Crippen LogP contribution in [0.2, 0.25) is 0 Å². The van der Waals surface area contributed by atoms with Gasteiger partial charge in [-0.1, -0.05) is 57.5 Å². The Morgan fingerprint density at radius 1 is 1.05 bits per heavy atom. The molecule has 0 aliphatic heterocycles. The van der Waals surface area contributed by atoms with Gasteiger partial charge in [0.2, 0.25) is 0 Å². The van der Waals surface area contributed by atoms with Crippen LogP contribution in [0.15, 0.2) is 30.3 Å². The van der Waals surface area contributed by atoms with Gasteiger partial charge < -0.3 is 10.1 Å². The van der Waals surface area contributed by atoms with Crippen LogP contribution in [0.3, 0.4) is 0 Å². The first-order valence-corrected chi connectivity index (χ1v) is 7.73. The van der Waals surface area contributed by atoms with Gasteiger partial charge in [-0.15, -0.1) is 0 Å². The predicted molar refractivity (Wildman–Crippen MR) is 82.4 cm³/mol. The third kappa shape index (κ3) is 5.75. The lowest BCUT2D eigenvalue weighted by molar-refractivity contribution is 0.0217. The fourth-order valence-electron chi connectivity index (χ4n) is 2.25. The van der Waals surface area contributed by atoms with Crippen LogP contribution in [0.5, 0.6) is 0 Å². The molecular formula is C17H29NO. The Hall–Kier alpha value is -0.860. The molecule has 1 aromatic carbocycles. The van der Waals surface area contributed by atoms with Crippen molar-refractivity contribution in [1.82, 2.24) is 5.32 Å². The molecule has 0 saturated heterocycles. The molecule has 2 heteroatoms. The zero-order chi connectivity index (χ0) is 13.9. The van der Waals surface area contributed by atoms with Gasteiger partial charge in [0.05, 0.1) is 12.1 Å². The maximum atomic E-state index is 6.08. The summed E-state index contributed by atoms with van der Waals surface area (Å²) in [5, 5.41) is 3.64. The van der Waals surface area contributed by atoms with Crippen LogP contribution >= 0.6 is 0 Å². The van der Waals surface area contributed by atoms with Crippen LogP contribution in [0.1, 0.15) is 58.1 Å². The molecule has 1 rings (SSSR count). The largest absolute Gasteiger partial charge is 0.376 e. The van der Waals surface area contributed by atoms with E-state index in [1.165, 1.54) is 12.0 Å². The molecule has 108 valence electrons. The average Bonchev–Trinajstić information content (AvgIpc) is 2.47. The summed E-state index contributed by atoms with van der Waals surface area (Å²) in [7, 11) is 0. The Labute approximate surface area is 118 Å². The third-order valence-electron chi connectivity index (χ3n) is 3.38.